The molecule has 4 rings (SSSR count). The van der Waals surface area contributed by atoms with Crippen molar-refractivity contribution in [2.24, 2.45) is 0 Å². The molecule has 0 spiro atoms. The Morgan fingerprint density at radius 2 is 1.87 bits per heavy atom. The summed E-state index contributed by atoms with van der Waals surface area (Å²) in [7, 11) is -1.93. The van der Waals surface area contributed by atoms with Gasteiger partial charge in [-0.05, 0) is 57.1 Å². The molecule has 164 valence electrons. The molecule has 0 aliphatic heterocycles. The number of nitrogens with one attached hydrogen (secondary N) is 4. The molecule has 1 aromatic heterocycles. The fourth-order valence-corrected chi connectivity index (χ4v) is 4.58. The summed E-state index contributed by atoms with van der Waals surface area (Å²) in [5, 5.41) is 2.90. The van der Waals surface area contributed by atoms with Gasteiger partial charge in [-0.25, -0.2) is 13.2 Å². The number of rotatable bonds is 8. The lowest BCUT2D eigenvalue weighted by atomic mass is 10.1. The summed E-state index contributed by atoms with van der Waals surface area (Å²) in [6.07, 6.45) is 2.36. The topological polar surface area (TPSA) is 127 Å². The van der Waals surface area contributed by atoms with Crippen LogP contribution in [0.2, 0.25) is 0 Å². The monoisotopic (exact) mass is 443 g/mol. The van der Waals surface area contributed by atoms with Crippen molar-refractivity contribution in [2.45, 2.75) is 36.7 Å². The van der Waals surface area contributed by atoms with Crippen LogP contribution < -0.4 is 15.7 Å². The molecule has 1 aliphatic rings. The molecule has 4 N–H and O–H groups in total. The summed E-state index contributed by atoms with van der Waals surface area (Å²) in [6.45, 7) is 2.51. The summed E-state index contributed by atoms with van der Waals surface area (Å²) >= 11 is 0. The quantitative estimate of drug-likeness (QED) is 0.423. The highest BCUT2D eigenvalue weighted by Gasteiger charge is 2.29. The maximum absolute atomic E-state index is 12.9. The molecule has 0 radical (unpaired) electrons. The Balaban J connectivity index is 1.51. The Kier molecular flexibility index (Phi) is 5.59. The van der Waals surface area contributed by atoms with Gasteiger partial charge in [-0.1, -0.05) is 12.1 Å². The van der Waals surface area contributed by atoms with E-state index in [1.165, 1.54) is 31.0 Å². The van der Waals surface area contributed by atoms with Gasteiger partial charge >= 0.3 is 5.69 Å². The Labute approximate surface area is 179 Å². The maximum Gasteiger partial charge on any atom is 0.323 e. The molecule has 0 bridgehead atoms. The Hall–Kier alpha value is -3.11. The van der Waals surface area contributed by atoms with Crippen molar-refractivity contribution >= 4 is 32.7 Å². The lowest BCUT2D eigenvalue weighted by Gasteiger charge is -2.24. The largest absolute Gasteiger partial charge is 0.350 e. The molecule has 10 heteroatoms. The number of imidazole rings is 1. The number of benzene rings is 2. The van der Waals surface area contributed by atoms with E-state index in [9.17, 15) is 18.0 Å². The van der Waals surface area contributed by atoms with Gasteiger partial charge in [0.05, 0.1) is 27.2 Å². The summed E-state index contributed by atoms with van der Waals surface area (Å²) < 4.78 is 28.3. The highest BCUT2D eigenvalue weighted by atomic mass is 32.2. The van der Waals surface area contributed by atoms with Crippen molar-refractivity contribution in [1.29, 1.82) is 0 Å². The number of carbonyl (C=O) groups excluding carboxylic acids is 1. The molecule has 1 amide bonds. The van der Waals surface area contributed by atoms with Crippen molar-refractivity contribution in [3.8, 4) is 0 Å². The smallest absolute Gasteiger partial charge is 0.323 e. The van der Waals surface area contributed by atoms with Crippen LogP contribution in [0, 0.1) is 0 Å². The van der Waals surface area contributed by atoms with Crippen molar-refractivity contribution in [2.75, 3.05) is 18.3 Å². The van der Waals surface area contributed by atoms with E-state index in [1.54, 1.807) is 24.3 Å². The van der Waals surface area contributed by atoms with E-state index in [2.05, 4.69) is 31.8 Å². The van der Waals surface area contributed by atoms with Crippen LogP contribution >= 0.6 is 0 Å². The zero-order valence-corrected chi connectivity index (χ0v) is 18.1. The number of hydrogen-bond donors (Lipinski definition) is 4. The van der Waals surface area contributed by atoms with Gasteiger partial charge in [0, 0.05) is 18.6 Å². The standard InChI is InChI=1S/C21H25N5O4S/c1-13(26(2)14-7-8-14)12-22-20(27)16-5-3-4-6-17(16)25-31(29,30)15-9-10-18-19(11-15)24-21(28)23-18/h3-6,9-11,13-14,25H,7-8,12H2,1-2H3,(H,22,27)(H2,23,24,28). The summed E-state index contributed by atoms with van der Waals surface area (Å²) in [4.78, 5) is 31.5. The first-order chi connectivity index (χ1) is 14.7. The van der Waals surface area contributed by atoms with Gasteiger partial charge in [-0.2, -0.15) is 0 Å². The first-order valence-electron chi connectivity index (χ1n) is 10.1. The van der Waals surface area contributed by atoms with Crippen LogP contribution in [0.4, 0.5) is 5.69 Å². The van der Waals surface area contributed by atoms with Crippen molar-refractivity contribution < 1.29 is 13.2 Å². The second kappa shape index (κ2) is 8.20. The molecule has 1 atom stereocenters. The second-order valence-corrected chi connectivity index (χ2v) is 9.58. The van der Waals surface area contributed by atoms with E-state index in [0.717, 1.165) is 0 Å². The maximum atomic E-state index is 12.9. The predicted molar refractivity (Wildman–Crippen MR) is 119 cm³/mol. The van der Waals surface area contributed by atoms with Gasteiger partial charge in [0.1, 0.15) is 0 Å². The molecule has 1 aliphatic carbocycles. The number of H-pyrrole nitrogens is 2. The number of hydrogen-bond acceptors (Lipinski definition) is 5. The molecular formula is C21H25N5O4S. The number of likely N-dealkylation sites (N-methyl/N-ethyl adjacent to an activating group) is 1. The number of amides is 1. The summed E-state index contributed by atoms with van der Waals surface area (Å²) in [5.41, 5.74) is 0.900. The van der Waals surface area contributed by atoms with Gasteiger partial charge in [-0.15, -0.1) is 0 Å². The van der Waals surface area contributed by atoms with Crippen LogP contribution in [0.5, 0.6) is 0 Å². The lowest BCUT2D eigenvalue weighted by Crippen LogP contribution is -2.41. The predicted octanol–water partition coefficient (Wildman–Crippen LogP) is 1.87. The normalized spacial score (nSPS) is 15.2. The average molecular weight is 444 g/mol. The zero-order valence-electron chi connectivity index (χ0n) is 17.3. The highest BCUT2D eigenvalue weighted by molar-refractivity contribution is 7.92. The van der Waals surface area contributed by atoms with Crippen LogP contribution in [-0.4, -0.2) is 54.9 Å². The van der Waals surface area contributed by atoms with E-state index in [1.807, 2.05) is 7.05 Å². The minimum Gasteiger partial charge on any atom is -0.350 e. The van der Waals surface area contributed by atoms with Gasteiger partial charge in [0.15, 0.2) is 0 Å². The molecular weight excluding hydrogens is 418 g/mol. The van der Waals surface area contributed by atoms with Crippen LogP contribution in [0.3, 0.4) is 0 Å². The molecule has 1 unspecified atom stereocenters. The molecule has 1 heterocycles. The van der Waals surface area contributed by atoms with Gasteiger partial charge in [0.25, 0.3) is 15.9 Å². The molecule has 0 saturated heterocycles. The zero-order chi connectivity index (χ0) is 22.2. The fraction of sp³-hybridized carbons (Fsp3) is 0.333. The van der Waals surface area contributed by atoms with Crippen LogP contribution in [0.25, 0.3) is 11.0 Å². The molecule has 1 fully saturated rings. The van der Waals surface area contributed by atoms with Crippen LogP contribution in [-0.2, 0) is 10.0 Å². The van der Waals surface area contributed by atoms with E-state index in [4.69, 9.17) is 0 Å². The summed E-state index contributed by atoms with van der Waals surface area (Å²) in [5.74, 6) is -0.347. The fourth-order valence-electron chi connectivity index (χ4n) is 3.47. The van der Waals surface area contributed by atoms with E-state index >= 15 is 0 Å². The number of aromatic amines is 2. The molecule has 9 nitrogen and oxygen atoms in total. The SMILES string of the molecule is CC(CNC(=O)c1ccccc1NS(=O)(=O)c1ccc2[nH]c(=O)[nH]c2c1)N(C)C1CC1. The summed E-state index contributed by atoms with van der Waals surface area (Å²) in [6, 6.07) is 11.5. The van der Waals surface area contributed by atoms with Gasteiger partial charge in [-0.3, -0.25) is 14.4 Å². The number of carbonyl (C=O) groups is 1. The average Bonchev–Trinajstić information content (AvgIpc) is 3.51. The first kappa shape index (κ1) is 21.1. The van der Waals surface area contributed by atoms with Crippen molar-refractivity contribution in [3.63, 3.8) is 0 Å². The molecule has 2 aromatic carbocycles. The number of anilines is 1. The molecule has 1 saturated carbocycles. The Bertz CT molecular complexity index is 1280. The highest BCUT2D eigenvalue weighted by Crippen LogP contribution is 2.27. The number of para-hydroxylation sites is 1. The number of aromatic nitrogens is 2. The van der Waals surface area contributed by atoms with Crippen LogP contribution in [0.15, 0.2) is 52.2 Å². The number of nitrogens with zero attached hydrogens (tertiary/aromatic N) is 1. The van der Waals surface area contributed by atoms with Gasteiger partial charge in [0.2, 0.25) is 0 Å². The third kappa shape index (κ3) is 4.64. The number of fused-ring (bicyclic) bond motifs is 1. The second-order valence-electron chi connectivity index (χ2n) is 7.89. The third-order valence-electron chi connectivity index (χ3n) is 5.59. The van der Waals surface area contributed by atoms with Crippen LogP contribution in [0.1, 0.15) is 30.1 Å². The lowest BCUT2D eigenvalue weighted by molar-refractivity contribution is 0.0940. The van der Waals surface area contributed by atoms with Crippen molar-refractivity contribution in [1.82, 2.24) is 20.2 Å². The first-order valence-corrected chi connectivity index (χ1v) is 11.6. The Morgan fingerprint density at radius 3 is 2.61 bits per heavy atom. The molecule has 3 aromatic rings. The third-order valence-corrected chi connectivity index (χ3v) is 6.95. The van der Waals surface area contributed by atoms with E-state index in [0.29, 0.717) is 23.6 Å². The minimum atomic E-state index is -3.97. The van der Waals surface area contributed by atoms with Crippen molar-refractivity contribution in [3.05, 3.63) is 58.5 Å². The van der Waals surface area contributed by atoms with E-state index < -0.39 is 15.7 Å². The Morgan fingerprint density at radius 1 is 1.16 bits per heavy atom. The van der Waals surface area contributed by atoms with E-state index in [-0.39, 0.29) is 28.1 Å². The number of sulfonamides is 1. The minimum absolute atomic E-state index is 0.0230. The van der Waals surface area contributed by atoms with Gasteiger partial charge < -0.3 is 15.3 Å². The molecule has 31 heavy (non-hydrogen) atoms.